The summed E-state index contributed by atoms with van der Waals surface area (Å²) in [7, 11) is 0. The standard InChI is InChI=1S/C7H9NO2S2/c1-3-10-7(9)5-6(11)8-4(2)12-5/h11H,3H2,1-2H3. The molecule has 0 fully saturated rings. The molecule has 0 unspecified atom stereocenters. The average Bonchev–Trinajstić information content (AvgIpc) is 2.30. The van der Waals surface area contributed by atoms with E-state index < -0.39 is 0 Å². The average molecular weight is 203 g/mol. The summed E-state index contributed by atoms with van der Waals surface area (Å²) in [5.41, 5.74) is 0. The highest BCUT2D eigenvalue weighted by Crippen LogP contribution is 2.21. The number of hydrogen-bond acceptors (Lipinski definition) is 5. The van der Waals surface area contributed by atoms with Gasteiger partial charge >= 0.3 is 5.97 Å². The number of nitrogens with zero attached hydrogens (tertiary/aromatic N) is 1. The lowest BCUT2D eigenvalue weighted by molar-refractivity contribution is 0.0528. The van der Waals surface area contributed by atoms with E-state index in [0.717, 1.165) is 5.01 Å². The number of thiazole rings is 1. The van der Waals surface area contributed by atoms with E-state index in [-0.39, 0.29) is 5.97 Å². The van der Waals surface area contributed by atoms with Crippen LogP contribution in [0.5, 0.6) is 0 Å². The molecule has 12 heavy (non-hydrogen) atoms. The van der Waals surface area contributed by atoms with Crippen molar-refractivity contribution in [1.82, 2.24) is 4.98 Å². The zero-order valence-electron chi connectivity index (χ0n) is 6.83. The third kappa shape index (κ3) is 1.98. The lowest BCUT2D eigenvalue weighted by Gasteiger charge is -1.97. The monoisotopic (exact) mass is 203 g/mol. The molecular formula is C7H9NO2S2. The highest BCUT2D eigenvalue weighted by atomic mass is 32.1. The number of aromatic nitrogens is 1. The van der Waals surface area contributed by atoms with Crippen molar-refractivity contribution in [3.05, 3.63) is 9.88 Å². The molecule has 0 aromatic carbocycles. The molecule has 3 nitrogen and oxygen atoms in total. The van der Waals surface area contributed by atoms with Crippen LogP contribution in [0.15, 0.2) is 5.03 Å². The molecule has 0 saturated heterocycles. The molecule has 1 heterocycles. The predicted octanol–water partition coefficient (Wildman–Crippen LogP) is 1.92. The van der Waals surface area contributed by atoms with Crippen molar-refractivity contribution in [2.75, 3.05) is 6.61 Å². The first-order chi connectivity index (χ1) is 5.65. The number of ether oxygens (including phenoxy) is 1. The van der Waals surface area contributed by atoms with Crippen molar-refractivity contribution >= 4 is 29.9 Å². The van der Waals surface area contributed by atoms with Crippen LogP contribution < -0.4 is 0 Å². The summed E-state index contributed by atoms with van der Waals surface area (Å²) in [4.78, 5) is 15.7. The second-order valence-corrected chi connectivity index (χ2v) is 3.73. The Morgan fingerprint density at radius 1 is 1.75 bits per heavy atom. The lowest BCUT2D eigenvalue weighted by atomic mass is 10.5. The summed E-state index contributed by atoms with van der Waals surface area (Å²) in [5.74, 6) is -0.340. The largest absolute Gasteiger partial charge is 0.462 e. The number of carbonyl (C=O) groups is 1. The minimum absolute atomic E-state index is 0.340. The van der Waals surface area contributed by atoms with Gasteiger partial charge in [0.1, 0.15) is 9.90 Å². The fourth-order valence-corrected chi connectivity index (χ4v) is 1.90. The molecule has 0 atom stereocenters. The Balaban J connectivity index is 2.87. The Kier molecular flexibility index (Phi) is 3.11. The van der Waals surface area contributed by atoms with E-state index in [2.05, 4.69) is 17.6 Å². The number of hydrogen-bond donors (Lipinski definition) is 1. The highest BCUT2D eigenvalue weighted by molar-refractivity contribution is 7.80. The maximum atomic E-state index is 11.2. The summed E-state index contributed by atoms with van der Waals surface area (Å²) in [6, 6.07) is 0. The smallest absolute Gasteiger partial charge is 0.351 e. The van der Waals surface area contributed by atoms with Gasteiger partial charge in [0.2, 0.25) is 0 Å². The second kappa shape index (κ2) is 3.91. The zero-order chi connectivity index (χ0) is 9.14. The Hall–Kier alpha value is -0.550. The zero-order valence-corrected chi connectivity index (χ0v) is 8.54. The van der Waals surface area contributed by atoms with E-state index in [1.165, 1.54) is 11.3 Å². The van der Waals surface area contributed by atoms with Gasteiger partial charge in [-0.3, -0.25) is 0 Å². The number of esters is 1. The third-order valence-electron chi connectivity index (χ3n) is 1.18. The second-order valence-electron chi connectivity index (χ2n) is 2.11. The van der Waals surface area contributed by atoms with Gasteiger partial charge in [-0.05, 0) is 13.8 Å². The number of carbonyl (C=O) groups excluding carboxylic acids is 1. The quantitative estimate of drug-likeness (QED) is 0.589. The topological polar surface area (TPSA) is 39.2 Å². The van der Waals surface area contributed by atoms with E-state index in [4.69, 9.17) is 4.74 Å². The normalized spacial score (nSPS) is 9.92. The lowest BCUT2D eigenvalue weighted by Crippen LogP contribution is -2.02. The van der Waals surface area contributed by atoms with Gasteiger partial charge in [0.05, 0.1) is 11.6 Å². The van der Waals surface area contributed by atoms with Crippen LogP contribution in [-0.2, 0) is 4.74 Å². The Bertz CT molecular complexity index is 296. The van der Waals surface area contributed by atoms with Gasteiger partial charge in [0.15, 0.2) is 0 Å². The maximum Gasteiger partial charge on any atom is 0.351 e. The molecule has 5 heteroatoms. The van der Waals surface area contributed by atoms with Crippen LogP contribution in [0.1, 0.15) is 21.6 Å². The van der Waals surface area contributed by atoms with E-state index >= 15 is 0 Å². The molecule has 0 aliphatic carbocycles. The fraction of sp³-hybridized carbons (Fsp3) is 0.429. The highest BCUT2D eigenvalue weighted by Gasteiger charge is 2.14. The van der Waals surface area contributed by atoms with E-state index in [0.29, 0.717) is 16.5 Å². The summed E-state index contributed by atoms with van der Waals surface area (Å²) in [6.07, 6.45) is 0. The van der Waals surface area contributed by atoms with Crippen LogP contribution in [0.2, 0.25) is 0 Å². The number of rotatable bonds is 2. The van der Waals surface area contributed by atoms with Gasteiger partial charge in [-0.25, -0.2) is 9.78 Å². The van der Waals surface area contributed by atoms with E-state index in [9.17, 15) is 4.79 Å². The first-order valence-corrected chi connectivity index (χ1v) is 4.75. The van der Waals surface area contributed by atoms with Gasteiger partial charge in [0, 0.05) is 0 Å². The number of aryl methyl sites for hydroxylation is 1. The van der Waals surface area contributed by atoms with Gasteiger partial charge in [-0.2, -0.15) is 0 Å². The first-order valence-electron chi connectivity index (χ1n) is 3.48. The number of thiol groups is 1. The summed E-state index contributed by atoms with van der Waals surface area (Å²) >= 11 is 5.35. The van der Waals surface area contributed by atoms with Crippen LogP contribution >= 0.6 is 24.0 Å². The summed E-state index contributed by atoms with van der Waals surface area (Å²) in [6.45, 7) is 3.97. The van der Waals surface area contributed by atoms with Crippen LogP contribution in [0.3, 0.4) is 0 Å². The van der Waals surface area contributed by atoms with E-state index in [1.807, 2.05) is 6.92 Å². The molecule has 1 aromatic heterocycles. The van der Waals surface area contributed by atoms with Crippen LogP contribution in [0.25, 0.3) is 0 Å². The molecule has 1 rings (SSSR count). The fourth-order valence-electron chi connectivity index (χ4n) is 0.746. The maximum absolute atomic E-state index is 11.2. The summed E-state index contributed by atoms with van der Waals surface area (Å²) in [5, 5.41) is 1.28. The van der Waals surface area contributed by atoms with Crippen LogP contribution in [-0.4, -0.2) is 17.6 Å². The molecule has 66 valence electrons. The molecule has 0 bridgehead atoms. The Morgan fingerprint density at radius 3 is 2.83 bits per heavy atom. The van der Waals surface area contributed by atoms with Crippen molar-refractivity contribution in [2.45, 2.75) is 18.9 Å². The third-order valence-corrected chi connectivity index (χ3v) is 2.60. The molecule has 1 aromatic rings. The molecule has 0 saturated carbocycles. The Morgan fingerprint density at radius 2 is 2.42 bits per heavy atom. The first kappa shape index (κ1) is 9.54. The van der Waals surface area contributed by atoms with Crippen molar-refractivity contribution in [2.24, 2.45) is 0 Å². The molecule has 0 spiro atoms. The Labute approximate surface area is 80.2 Å². The van der Waals surface area contributed by atoms with Gasteiger partial charge in [0.25, 0.3) is 0 Å². The molecule has 0 N–H and O–H groups in total. The molecule has 0 radical (unpaired) electrons. The molecule has 0 amide bonds. The molecular weight excluding hydrogens is 194 g/mol. The van der Waals surface area contributed by atoms with Crippen molar-refractivity contribution in [3.8, 4) is 0 Å². The van der Waals surface area contributed by atoms with Gasteiger partial charge < -0.3 is 4.74 Å². The predicted molar refractivity (Wildman–Crippen MR) is 50.1 cm³/mol. The SMILES string of the molecule is CCOC(=O)c1sc(C)nc1S. The minimum atomic E-state index is -0.340. The van der Waals surface area contributed by atoms with Crippen molar-refractivity contribution < 1.29 is 9.53 Å². The van der Waals surface area contributed by atoms with Crippen molar-refractivity contribution in [1.29, 1.82) is 0 Å². The van der Waals surface area contributed by atoms with Gasteiger partial charge in [-0.15, -0.1) is 24.0 Å². The minimum Gasteiger partial charge on any atom is -0.462 e. The molecule has 0 aliphatic heterocycles. The van der Waals surface area contributed by atoms with Crippen molar-refractivity contribution in [3.63, 3.8) is 0 Å². The van der Waals surface area contributed by atoms with Crippen LogP contribution in [0, 0.1) is 6.92 Å². The van der Waals surface area contributed by atoms with Gasteiger partial charge in [-0.1, -0.05) is 0 Å². The van der Waals surface area contributed by atoms with E-state index in [1.54, 1.807) is 6.92 Å². The molecule has 0 aliphatic rings. The summed E-state index contributed by atoms with van der Waals surface area (Å²) < 4.78 is 4.80. The van der Waals surface area contributed by atoms with Crippen LogP contribution in [0.4, 0.5) is 0 Å².